The molecule has 0 bridgehead atoms. The minimum Gasteiger partial charge on any atom is -0.497 e. The number of ether oxygens (including phenoxy) is 2. The lowest BCUT2D eigenvalue weighted by Crippen LogP contribution is -2.26. The maximum absolute atomic E-state index is 13.6. The van der Waals surface area contributed by atoms with Gasteiger partial charge in [-0.2, -0.15) is 0 Å². The van der Waals surface area contributed by atoms with Gasteiger partial charge >= 0.3 is 5.97 Å². The quantitative estimate of drug-likeness (QED) is 0.468. The van der Waals surface area contributed by atoms with Crippen LogP contribution < -0.4 is 9.47 Å². The van der Waals surface area contributed by atoms with Crippen molar-refractivity contribution in [1.82, 2.24) is 9.47 Å². The van der Waals surface area contributed by atoms with Crippen molar-refractivity contribution in [2.75, 3.05) is 20.8 Å². The van der Waals surface area contributed by atoms with Crippen molar-refractivity contribution >= 4 is 28.4 Å². The predicted molar refractivity (Wildman–Crippen MR) is 137 cm³/mol. The number of fused-ring (bicyclic) bond motifs is 4. The first-order valence-corrected chi connectivity index (χ1v) is 11.9. The Morgan fingerprint density at radius 2 is 1.95 bits per heavy atom. The van der Waals surface area contributed by atoms with Crippen LogP contribution in [0.5, 0.6) is 11.5 Å². The highest BCUT2D eigenvalue weighted by molar-refractivity contribution is 6.16. The molecule has 0 saturated heterocycles. The summed E-state index contributed by atoms with van der Waals surface area (Å²) in [7, 11) is 4.77. The number of hydrogen-bond acceptors (Lipinski definition) is 7. The number of aromatic carboxylic acids is 1. The molecule has 1 aromatic heterocycles. The summed E-state index contributed by atoms with van der Waals surface area (Å²) in [5.41, 5.74) is 3.88. The Morgan fingerprint density at radius 1 is 1.16 bits per heavy atom. The molecule has 37 heavy (non-hydrogen) atoms. The molecule has 1 aliphatic carbocycles. The molecule has 9 nitrogen and oxygen atoms in total. The second-order valence-corrected chi connectivity index (χ2v) is 9.15. The number of aromatic nitrogens is 1. The highest BCUT2D eigenvalue weighted by Gasteiger charge is 2.35. The van der Waals surface area contributed by atoms with E-state index in [1.165, 1.54) is 4.57 Å². The molecule has 1 unspecified atom stereocenters. The third-order valence-corrected chi connectivity index (χ3v) is 7.17. The molecule has 0 fully saturated rings. The lowest BCUT2D eigenvalue weighted by atomic mass is 9.93. The molecule has 2 aromatic carbocycles. The summed E-state index contributed by atoms with van der Waals surface area (Å²) in [6, 6.07) is 9.16. The number of methoxy groups -OCH3 is 2. The van der Waals surface area contributed by atoms with Crippen LogP contribution >= 0.6 is 0 Å². The molecule has 3 N–H and O–H groups in total. The summed E-state index contributed by atoms with van der Waals surface area (Å²) in [6.07, 6.45) is 2.72. The van der Waals surface area contributed by atoms with E-state index in [2.05, 4.69) is 4.90 Å². The van der Waals surface area contributed by atoms with Gasteiger partial charge in [-0.05, 0) is 23.8 Å². The molecule has 1 atom stereocenters. The van der Waals surface area contributed by atoms with Crippen molar-refractivity contribution in [3.8, 4) is 11.5 Å². The number of ketones is 1. The Hall–Kier alpha value is -4.08. The van der Waals surface area contributed by atoms with E-state index >= 15 is 0 Å². The number of carboxylic acids is 1. The third-order valence-electron chi connectivity index (χ3n) is 7.17. The van der Waals surface area contributed by atoms with Crippen LogP contribution in [0.2, 0.25) is 0 Å². The third kappa shape index (κ3) is 3.87. The minimum absolute atomic E-state index is 0.0880. The average Bonchev–Trinajstić information content (AvgIpc) is 3.13. The fraction of sp³-hybridized carbons (Fsp3) is 0.286. The lowest BCUT2D eigenvalue weighted by Gasteiger charge is -2.32. The number of benzene rings is 2. The number of Topliss-reactive ketones (excluding diaryl/α,β-unsaturated/α-hetero) is 1. The molecule has 1 aliphatic heterocycles. The average molecular weight is 505 g/mol. The second kappa shape index (κ2) is 9.42. The van der Waals surface area contributed by atoms with Crippen molar-refractivity contribution in [2.45, 2.75) is 25.7 Å². The zero-order valence-corrected chi connectivity index (χ0v) is 20.8. The SMILES string of the molecule is COc1ccc(CN2CC=CC3=C2c2ccc4c(c(CO)c(C(=O)O)n4C)c2C(=O)C(O)C3)c(OC)c1. The Balaban J connectivity index is 1.74. The van der Waals surface area contributed by atoms with Crippen molar-refractivity contribution in [3.05, 3.63) is 76.0 Å². The van der Waals surface area contributed by atoms with Gasteiger partial charge in [0.25, 0.3) is 0 Å². The molecule has 192 valence electrons. The van der Waals surface area contributed by atoms with Crippen LogP contribution in [0.25, 0.3) is 16.6 Å². The molecule has 0 amide bonds. The molecular formula is C28H28N2O7. The molecule has 5 rings (SSSR count). The van der Waals surface area contributed by atoms with Gasteiger partial charge in [0, 0.05) is 71.5 Å². The fourth-order valence-corrected chi connectivity index (χ4v) is 5.50. The second-order valence-electron chi connectivity index (χ2n) is 9.15. The van der Waals surface area contributed by atoms with Crippen molar-refractivity contribution in [3.63, 3.8) is 0 Å². The Bertz CT molecular complexity index is 1500. The molecular weight excluding hydrogens is 476 g/mol. The Morgan fingerprint density at radius 3 is 2.62 bits per heavy atom. The highest BCUT2D eigenvalue weighted by Crippen LogP contribution is 2.42. The van der Waals surface area contributed by atoms with E-state index < -0.39 is 24.5 Å². The number of nitrogens with zero attached hydrogens (tertiary/aromatic N) is 2. The lowest BCUT2D eigenvalue weighted by molar-refractivity contribution is 0.0682. The van der Waals surface area contributed by atoms with Crippen LogP contribution in [-0.4, -0.2) is 63.4 Å². The molecule has 3 aromatic rings. The number of carboxylic acid groups (broad SMARTS) is 1. The Kier molecular flexibility index (Phi) is 6.26. The van der Waals surface area contributed by atoms with Gasteiger partial charge in [0.05, 0.1) is 20.8 Å². The van der Waals surface area contributed by atoms with Gasteiger partial charge in [0.15, 0.2) is 5.78 Å². The van der Waals surface area contributed by atoms with Gasteiger partial charge in [-0.3, -0.25) is 4.79 Å². The van der Waals surface area contributed by atoms with Crippen LogP contribution in [0.4, 0.5) is 0 Å². The highest BCUT2D eigenvalue weighted by atomic mass is 16.5. The van der Waals surface area contributed by atoms with E-state index in [0.717, 1.165) is 16.8 Å². The smallest absolute Gasteiger partial charge is 0.352 e. The van der Waals surface area contributed by atoms with E-state index in [-0.39, 0.29) is 23.2 Å². The molecule has 0 saturated carbocycles. The van der Waals surface area contributed by atoms with Gasteiger partial charge in [0.2, 0.25) is 0 Å². The van der Waals surface area contributed by atoms with E-state index in [0.29, 0.717) is 41.1 Å². The summed E-state index contributed by atoms with van der Waals surface area (Å²) in [5.74, 6) is -0.368. The summed E-state index contributed by atoms with van der Waals surface area (Å²) < 4.78 is 12.4. The number of aliphatic hydroxyl groups excluding tert-OH is 2. The normalized spacial score (nSPS) is 17.1. The fourth-order valence-electron chi connectivity index (χ4n) is 5.50. The number of allylic oxidation sites excluding steroid dienone is 1. The van der Waals surface area contributed by atoms with Crippen molar-refractivity contribution in [2.24, 2.45) is 7.05 Å². The van der Waals surface area contributed by atoms with E-state index in [4.69, 9.17) is 9.47 Å². The van der Waals surface area contributed by atoms with E-state index in [1.54, 1.807) is 33.4 Å². The van der Waals surface area contributed by atoms with Gasteiger partial charge in [-0.25, -0.2) is 4.79 Å². The molecule has 2 aliphatic rings. The van der Waals surface area contributed by atoms with Gasteiger partial charge in [-0.1, -0.05) is 18.2 Å². The Labute approximate surface area is 213 Å². The number of hydrogen-bond donors (Lipinski definition) is 3. The van der Waals surface area contributed by atoms with E-state index in [9.17, 15) is 24.9 Å². The van der Waals surface area contributed by atoms with Gasteiger partial charge < -0.3 is 34.3 Å². The van der Waals surface area contributed by atoms with Gasteiger partial charge in [-0.15, -0.1) is 0 Å². The van der Waals surface area contributed by atoms with Gasteiger partial charge in [0.1, 0.15) is 23.3 Å². The standard InChI is InChI=1S/C28H28N2O7/c1-29-20-9-8-18-24(23(20)19(14-31)26(29)28(34)35)27(33)21(32)11-15-5-4-10-30(25(15)18)13-16-6-7-17(36-2)12-22(16)37-3/h4-9,12,21,31-32H,10-11,13-14H2,1-3H3,(H,34,35). The number of carbonyl (C=O) groups excluding carboxylic acids is 1. The largest absolute Gasteiger partial charge is 0.497 e. The summed E-state index contributed by atoms with van der Waals surface area (Å²) >= 11 is 0. The predicted octanol–water partition coefficient (Wildman–Crippen LogP) is 3.12. The number of aryl methyl sites for hydroxylation is 1. The number of aliphatic hydroxyl groups is 2. The van der Waals surface area contributed by atoms with Crippen LogP contribution in [0.3, 0.4) is 0 Å². The van der Waals surface area contributed by atoms with Crippen molar-refractivity contribution < 1.29 is 34.4 Å². The first-order valence-electron chi connectivity index (χ1n) is 11.9. The topological polar surface area (TPSA) is 121 Å². The first kappa shape index (κ1) is 24.6. The number of carbonyl (C=O) groups is 2. The van der Waals surface area contributed by atoms with Crippen LogP contribution in [0, 0.1) is 0 Å². The molecule has 0 radical (unpaired) electrons. The van der Waals surface area contributed by atoms with E-state index in [1.807, 2.05) is 30.4 Å². The summed E-state index contributed by atoms with van der Waals surface area (Å²) in [4.78, 5) is 27.7. The van der Waals surface area contributed by atoms with Crippen molar-refractivity contribution in [1.29, 1.82) is 0 Å². The number of rotatable bonds is 6. The maximum Gasteiger partial charge on any atom is 0.352 e. The van der Waals surface area contributed by atoms with Crippen LogP contribution in [0.15, 0.2) is 48.1 Å². The molecule has 2 heterocycles. The summed E-state index contributed by atoms with van der Waals surface area (Å²) in [6.45, 7) is 0.454. The maximum atomic E-state index is 13.6. The monoisotopic (exact) mass is 504 g/mol. The van der Waals surface area contributed by atoms with Crippen LogP contribution in [0.1, 0.15) is 44.0 Å². The minimum atomic E-state index is -1.31. The zero-order chi connectivity index (χ0) is 26.4. The molecule has 0 spiro atoms. The zero-order valence-electron chi connectivity index (χ0n) is 20.8. The first-order chi connectivity index (χ1) is 17.8. The van der Waals surface area contributed by atoms with Crippen LogP contribution in [-0.2, 0) is 20.2 Å². The summed E-state index contributed by atoms with van der Waals surface area (Å²) in [5, 5.41) is 31.3. The molecule has 9 heteroatoms.